The van der Waals surface area contributed by atoms with Gasteiger partial charge in [-0.3, -0.25) is 4.79 Å². The number of carboxylic acids is 1. The van der Waals surface area contributed by atoms with Gasteiger partial charge in [-0.1, -0.05) is 0 Å². The van der Waals surface area contributed by atoms with Crippen LogP contribution in [0.1, 0.15) is 29.2 Å². The number of benzene rings is 1. The molecule has 8 heteroatoms. The van der Waals surface area contributed by atoms with Crippen LogP contribution in [0.25, 0.3) is 16.6 Å². The van der Waals surface area contributed by atoms with Crippen molar-refractivity contribution in [1.29, 1.82) is 0 Å². The summed E-state index contributed by atoms with van der Waals surface area (Å²) in [5.41, 5.74) is -0.584. The molecule has 0 bridgehead atoms. The molecule has 0 unspecified atom stereocenters. The summed E-state index contributed by atoms with van der Waals surface area (Å²) in [4.78, 5) is 27.9. The Morgan fingerprint density at radius 3 is 2.76 bits per heavy atom. The first kappa shape index (κ1) is 15.4. The summed E-state index contributed by atoms with van der Waals surface area (Å²) in [6.07, 6.45) is 7.54. The van der Waals surface area contributed by atoms with Gasteiger partial charge in [0, 0.05) is 24.6 Å². The lowest BCUT2D eigenvalue weighted by atomic mass is 10.1. The van der Waals surface area contributed by atoms with Gasteiger partial charge < -0.3 is 19.0 Å². The third kappa shape index (κ3) is 2.29. The number of carboxylic acid groups (broad SMARTS) is 1. The van der Waals surface area contributed by atoms with Crippen LogP contribution in [-0.2, 0) is 0 Å². The van der Waals surface area contributed by atoms with Gasteiger partial charge in [-0.25, -0.2) is 14.2 Å². The molecule has 1 aromatic carbocycles. The summed E-state index contributed by atoms with van der Waals surface area (Å²) in [6.45, 7) is 0. The van der Waals surface area contributed by atoms with Crippen molar-refractivity contribution in [3.8, 4) is 11.4 Å². The topological polar surface area (TPSA) is 86.3 Å². The van der Waals surface area contributed by atoms with Crippen LogP contribution >= 0.6 is 0 Å². The van der Waals surface area contributed by atoms with Gasteiger partial charge in [-0.05, 0) is 18.9 Å². The Labute approximate surface area is 140 Å². The van der Waals surface area contributed by atoms with E-state index in [1.54, 1.807) is 10.8 Å². The standard InChI is InChI=1S/C17H14FN3O4/c1-25-16-13-10(6-12(18)14(16)20-5-4-19-8-20)15(22)11(17(23)24)7-21(13)9-2-3-9/h4-9H,2-3H2,1H3,(H,23,24). The monoisotopic (exact) mass is 343 g/mol. The van der Waals surface area contributed by atoms with E-state index in [1.165, 1.54) is 30.4 Å². The van der Waals surface area contributed by atoms with Gasteiger partial charge in [0.2, 0.25) is 5.43 Å². The van der Waals surface area contributed by atoms with Crippen LogP contribution in [0.5, 0.6) is 5.75 Å². The molecule has 7 nitrogen and oxygen atoms in total. The second-order valence-corrected chi connectivity index (χ2v) is 5.92. The number of ether oxygens (including phenoxy) is 1. The van der Waals surface area contributed by atoms with Gasteiger partial charge in [0.25, 0.3) is 0 Å². The molecule has 2 aromatic heterocycles. The molecular weight excluding hydrogens is 329 g/mol. The molecule has 1 fully saturated rings. The molecule has 1 saturated carbocycles. The van der Waals surface area contributed by atoms with E-state index in [0.717, 1.165) is 18.9 Å². The maximum Gasteiger partial charge on any atom is 0.341 e. The van der Waals surface area contributed by atoms with Crippen LogP contribution in [-0.4, -0.2) is 32.3 Å². The Morgan fingerprint density at radius 1 is 1.44 bits per heavy atom. The minimum Gasteiger partial charge on any atom is -0.492 e. The number of hydrogen-bond acceptors (Lipinski definition) is 4. The third-order valence-corrected chi connectivity index (χ3v) is 4.34. The van der Waals surface area contributed by atoms with Gasteiger partial charge in [0.05, 0.1) is 24.3 Å². The molecule has 4 rings (SSSR count). The summed E-state index contributed by atoms with van der Waals surface area (Å²) in [5, 5.41) is 9.29. The molecule has 1 aliphatic carbocycles. The van der Waals surface area contributed by atoms with E-state index in [0.29, 0.717) is 5.52 Å². The van der Waals surface area contributed by atoms with E-state index in [2.05, 4.69) is 4.98 Å². The van der Waals surface area contributed by atoms with Gasteiger partial charge in [0.1, 0.15) is 11.3 Å². The highest BCUT2D eigenvalue weighted by Gasteiger charge is 2.30. The van der Waals surface area contributed by atoms with E-state index in [-0.39, 0.29) is 28.4 Å². The number of methoxy groups -OCH3 is 1. The number of nitrogens with zero attached hydrogens (tertiary/aromatic N) is 3. The molecule has 0 amide bonds. The van der Waals surface area contributed by atoms with Crippen molar-refractivity contribution in [2.75, 3.05) is 7.11 Å². The number of imidazole rings is 1. The molecule has 1 N–H and O–H groups in total. The first-order chi connectivity index (χ1) is 12.0. The largest absolute Gasteiger partial charge is 0.492 e. The second kappa shape index (κ2) is 5.44. The molecule has 2 heterocycles. The van der Waals surface area contributed by atoms with E-state index in [1.807, 2.05) is 0 Å². The zero-order valence-corrected chi connectivity index (χ0v) is 13.3. The molecule has 25 heavy (non-hydrogen) atoms. The quantitative estimate of drug-likeness (QED) is 0.786. The molecule has 3 aromatic rings. The lowest BCUT2D eigenvalue weighted by Gasteiger charge is -2.18. The predicted octanol–water partition coefficient (Wildman–Crippen LogP) is 2.37. The fourth-order valence-electron chi connectivity index (χ4n) is 3.06. The zero-order chi connectivity index (χ0) is 17.7. The number of aromatic nitrogens is 3. The number of aromatic carboxylic acids is 1. The van der Waals surface area contributed by atoms with Crippen molar-refractivity contribution in [2.24, 2.45) is 0 Å². The number of hydrogen-bond donors (Lipinski definition) is 1. The van der Waals surface area contributed by atoms with Crippen LogP contribution in [0.15, 0.2) is 35.8 Å². The predicted molar refractivity (Wildman–Crippen MR) is 87.1 cm³/mol. The molecular formula is C17H14FN3O4. The highest BCUT2D eigenvalue weighted by molar-refractivity contribution is 5.96. The highest BCUT2D eigenvalue weighted by atomic mass is 19.1. The lowest BCUT2D eigenvalue weighted by molar-refractivity contribution is 0.0695. The Morgan fingerprint density at radius 2 is 2.20 bits per heavy atom. The van der Waals surface area contributed by atoms with Crippen molar-refractivity contribution < 1.29 is 19.0 Å². The lowest BCUT2D eigenvalue weighted by Crippen LogP contribution is -2.20. The van der Waals surface area contributed by atoms with Crippen LogP contribution in [0, 0.1) is 5.82 Å². The third-order valence-electron chi connectivity index (χ3n) is 4.34. The molecule has 0 atom stereocenters. The fourth-order valence-corrected chi connectivity index (χ4v) is 3.06. The van der Waals surface area contributed by atoms with Crippen LogP contribution in [0.4, 0.5) is 4.39 Å². The maximum absolute atomic E-state index is 14.8. The summed E-state index contributed by atoms with van der Waals surface area (Å²) in [7, 11) is 1.39. The van der Waals surface area contributed by atoms with E-state index >= 15 is 0 Å². The number of pyridine rings is 1. The Balaban J connectivity index is 2.18. The highest BCUT2D eigenvalue weighted by Crippen LogP contribution is 2.41. The normalized spacial score (nSPS) is 14.0. The Kier molecular flexibility index (Phi) is 3.34. The smallest absolute Gasteiger partial charge is 0.341 e. The number of halogens is 1. The maximum atomic E-state index is 14.8. The minimum absolute atomic E-state index is 0.00925. The SMILES string of the molecule is COc1c(-n2ccnc2)c(F)cc2c(=O)c(C(=O)O)cn(C3CC3)c12. The van der Waals surface area contributed by atoms with E-state index < -0.39 is 17.2 Å². The molecule has 0 spiro atoms. The average Bonchev–Trinajstić information content (AvgIpc) is 3.29. The first-order valence-corrected chi connectivity index (χ1v) is 7.70. The van der Waals surface area contributed by atoms with Crippen molar-refractivity contribution in [1.82, 2.24) is 14.1 Å². The van der Waals surface area contributed by atoms with Gasteiger partial charge in [-0.2, -0.15) is 0 Å². The van der Waals surface area contributed by atoms with E-state index in [9.17, 15) is 19.1 Å². The van der Waals surface area contributed by atoms with Crippen molar-refractivity contribution >= 4 is 16.9 Å². The number of fused-ring (bicyclic) bond motifs is 1. The van der Waals surface area contributed by atoms with Crippen molar-refractivity contribution in [3.63, 3.8) is 0 Å². The summed E-state index contributed by atoms with van der Waals surface area (Å²) in [5.74, 6) is -1.85. The zero-order valence-electron chi connectivity index (χ0n) is 13.3. The summed E-state index contributed by atoms with van der Waals surface area (Å²) in [6, 6.07) is 1.14. The number of carbonyl (C=O) groups is 1. The molecule has 0 saturated heterocycles. The molecule has 0 radical (unpaired) electrons. The second-order valence-electron chi connectivity index (χ2n) is 5.92. The Hall–Kier alpha value is -3.16. The molecule has 128 valence electrons. The van der Waals surface area contributed by atoms with Gasteiger partial charge in [-0.15, -0.1) is 0 Å². The van der Waals surface area contributed by atoms with Crippen molar-refractivity contribution in [2.45, 2.75) is 18.9 Å². The minimum atomic E-state index is -1.33. The molecule has 1 aliphatic rings. The van der Waals surface area contributed by atoms with Gasteiger partial charge in [0.15, 0.2) is 11.6 Å². The summed E-state index contributed by atoms with van der Waals surface area (Å²) < 4.78 is 23.4. The van der Waals surface area contributed by atoms with Crippen molar-refractivity contribution in [3.05, 3.63) is 52.6 Å². The van der Waals surface area contributed by atoms with E-state index in [4.69, 9.17) is 4.74 Å². The average molecular weight is 343 g/mol. The molecule has 0 aliphatic heterocycles. The van der Waals surface area contributed by atoms with Gasteiger partial charge >= 0.3 is 5.97 Å². The van der Waals surface area contributed by atoms with Crippen LogP contribution in [0.3, 0.4) is 0 Å². The Bertz CT molecular complexity index is 1050. The fraction of sp³-hybridized carbons (Fsp3) is 0.235. The van der Waals surface area contributed by atoms with Crippen LogP contribution < -0.4 is 10.2 Å². The van der Waals surface area contributed by atoms with Crippen LogP contribution in [0.2, 0.25) is 0 Å². The number of rotatable bonds is 4. The first-order valence-electron chi connectivity index (χ1n) is 7.70. The summed E-state index contributed by atoms with van der Waals surface area (Å²) >= 11 is 0.